The van der Waals surface area contributed by atoms with Crippen LogP contribution in [0.1, 0.15) is 6.85 Å². The van der Waals surface area contributed by atoms with Crippen molar-refractivity contribution in [2.24, 2.45) is 0 Å². The third-order valence-corrected chi connectivity index (χ3v) is 9.13. The van der Waals surface area contributed by atoms with Crippen molar-refractivity contribution in [3.05, 3.63) is 170 Å². The number of hydrogen-bond acceptors (Lipinski definition) is 4. The van der Waals surface area contributed by atoms with Gasteiger partial charge in [-0.1, -0.05) is 127 Å². The van der Waals surface area contributed by atoms with Crippen molar-refractivity contribution in [2.75, 3.05) is 0 Å². The molecule has 50 heavy (non-hydrogen) atoms. The van der Waals surface area contributed by atoms with Gasteiger partial charge >= 0.3 is 0 Å². The molecule has 0 saturated heterocycles. The first-order chi connectivity index (χ1) is 26.8. The fourth-order valence-corrected chi connectivity index (χ4v) is 6.78. The van der Waals surface area contributed by atoms with Crippen LogP contribution in [0.3, 0.4) is 0 Å². The second-order valence-corrected chi connectivity index (χ2v) is 12.1. The molecular formula is C45H28N4O. The number of fused-ring (bicyclic) bond motifs is 6. The van der Waals surface area contributed by atoms with Crippen molar-refractivity contribution in [3.63, 3.8) is 0 Å². The van der Waals surface area contributed by atoms with Crippen molar-refractivity contribution >= 4 is 43.7 Å². The molecule has 0 saturated carbocycles. The van der Waals surface area contributed by atoms with Crippen molar-refractivity contribution < 1.29 is 11.3 Å². The van der Waals surface area contributed by atoms with Gasteiger partial charge < -0.3 is 8.98 Å². The predicted molar refractivity (Wildman–Crippen MR) is 203 cm³/mol. The maximum absolute atomic E-state index is 8.62. The van der Waals surface area contributed by atoms with Crippen LogP contribution in [-0.4, -0.2) is 19.5 Å². The van der Waals surface area contributed by atoms with Crippen LogP contribution in [0.15, 0.2) is 174 Å². The molecule has 3 aromatic heterocycles. The van der Waals surface area contributed by atoms with Gasteiger partial charge in [0.05, 0.1) is 17.9 Å². The summed E-state index contributed by atoms with van der Waals surface area (Å²) in [5, 5.41) is 3.88. The standard InChI is InChI=1S/C45H28N4O/c1-4-12-29(13-5-1)32-20-23-36-35-18-10-11-19-39(35)49(40(36)26-32)34-22-25-41-38(28-34)37-24-21-33(27-42(37)50-41)45-47-43(30-14-6-2-7-15-30)46-44(48-45)31-16-8-3-9-17-31/h1-28H/i1D,4D,5D,12D,13D. The number of para-hydroxylation sites is 1. The fraction of sp³-hybridized carbons (Fsp3) is 0. The Hall–Kier alpha value is -6.85. The molecule has 0 aliphatic heterocycles. The van der Waals surface area contributed by atoms with Gasteiger partial charge in [-0.2, -0.15) is 0 Å². The highest BCUT2D eigenvalue weighted by Gasteiger charge is 2.17. The van der Waals surface area contributed by atoms with Gasteiger partial charge in [0.1, 0.15) is 11.2 Å². The van der Waals surface area contributed by atoms with Crippen LogP contribution in [-0.2, 0) is 0 Å². The fourth-order valence-electron chi connectivity index (χ4n) is 6.78. The minimum atomic E-state index is -0.413. The van der Waals surface area contributed by atoms with Crippen molar-refractivity contribution in [2.45, 2.75) is 0 Å². The average molecular weight is 646 g/mol. The summed E-state index contributed by atoms with van der Waals surface area (Å²) in [5.74, 6) is 1.70. The van der Waals surface area contributed by atoms with Crippen LogP contribution in [0.5, 0.6) is 0 Å². The Labute approximate surface area is 294 Å². The van der Waals surface area contributed by atoms with Gasteiger partial charge in [-0.25, -0.2) is 15.0 Å². The van der Waals surface area contributed by atoms with Gasteiger partial charge in [-0.05, 0) is 53.6 Å². The smallest absolute Gasteiger partial charge is 0.164 e. The molecule has 0 spiro atoms. The van der Waals surface area contributed by atoms with E-state index in [0.29, 0.717) is 28.6 Å². The van der Waals surface area contributed by atoms with Crippen molar-refractivity contribution in [3.8, 4) is 51.0 Å². The van der Waals surface area contributed by atoms with E-state index in [1.807, 2.05) is 121 Å². The summed E-state index contributed by atoms with van der Waals surface area (Å²) in [6, 6.07) is 44.1. The number of aromatic nitrogens is 4. The molecule has 10 aromatic rings. The number of hydrogen-bond donors (Lipinski definition) is 0. The molecule has 7 aromatic carbocycles. The number of furan rings is 1. The van der Waals surface area contributed by atoms with Crippen LogP contribution < -0.4 is 0 Å². The van der Waals surface area contributed by atoms with Crippen LogP contribution >= 0.6 is 0 Å². The summed E-state index contributed by atoms with van der Waals surface area (Å²) in [7, 11) is 0. The second kappa shape index (κ2) is 11.4. The molecule has 0 fully saturated rings. The van der Waals surface area contributed by atoms with E-state index >= 15 is 0 Å². The number of rotatable bonds is 5. The highest BCUT2D eigenvalue weighted by molar-refractivity contribution is 6.11. The van der Waals surface area contributed by atoms with Crippen LogP contribution in [0.4, 0.5) is 0 Å². The molecule has 0 N–H and O–H groups in total. The molecule has 3 heterocycles. The molecule has 234 valence electrons. The molecule has 0 bridgehead atoms. The molecule has 0 atom stereocenters. The minimum absolute atomic E-state index is 0.168. The Morgan fingerprint density at radius 2 is 1.04 bits per heavy atom. The zero-order valence-corrected chi connectivity index (χ0v) is 26.5. The Kier molecular flexibility index (Phi) is 5.35. The van der Waals surface area contributed by atoms with Crippen LogP contribution in [0.25, 0.3) is 94.7 Å². The maximum atomic E-state index is 8.62. The lowest BCUT2D eigenvalue weighted by molar-refractivity contribution is 0.669. The first-order valence-corrected chi connectivity index (χ1v) is 16.3. The Morgan fingerprint density at radius 3 is 1.78 bits per heavy atom. The molecule has 0 unspecified atom stereocenters. The summed E-state index contributed by atoms with van der Waals surface area (Å²) in [6.45, 7) is 0. The summed E-state index contributed by atoms with van der Waals surface area (Å²) >= 11 is 0. The van der Waals surface area contributed by atoms with Crippen LogP contribution in [0.2, 0.25) is 0 Å². The molecule has 10 rings (SSSR count). The lowest BCUT2D eigenvalue weighted by Gasteiger charge is -2.09. The average Bonchev–Trinajstić information content (AvgIpc) is 3.77. The molecule has 0 radical (unpaired) electrons. The Morgan fingerprint density at radius 1 is 0.420 bits per heavy atom. The van der Waals surface area contributed by atoms with Gasteiger partial charge in [0.2, 0.25) is 0 Å². The van der Waals surface area contributed by atoms with E-state index in [0.717, 1.165) is 60.5 Å². The largest absolute Gasteiger partial charge is 0.456 e. The van der Waals surface area contributed by atoms with E-state index in [2.05, 4.69) is 22.8 Å². The van der Waals surface area contributed by atoms with Gasteiger partial charge in [0, 0.05) is 43.9 Å². The topological polar surface area (TPSA) is 56.7 Å². The zero-order chi connectivity index (χ0) is 37.4. The minimum Gasteiger partial charge on any atom is -0.456 e. The monoisotopic (exact) mass is 645 g/mol. The third kappa shape index (κ3) is 4.67. The maximum Gasteiger partial charge on any atom is 0.164 e. The van der Waals surface area contributed by atoms with E-state index in [-0.39, 0.29) is 29.7 Å². The molecule has 5 nitrogen and oxygen atoms in total. The predicted octanol–water partition coefficient (Wildman–Crippen LogP) is 11.5. The van der Waals surface area contributed by atoms with E-state index in [9.17, 15) is 0 Å². The first kappa shape index (κ1) is 23.5. The van der Waals surface area contributed by atoms with E-state index in [1.165, 1.54) is 0 Å². The second-order valence-electron chi connectivity index (χ2n) is 12.1. The molecule has 0 aliphatic carbocycles. The first-order valence-electron chi connectivity index (χ1n) is 18.8. The highest BCUT2D eigenvalue weighted by atomic mass is 16.3. The van der Waals surface area contributed by atoms with Crippen molar-refractivity contribution in [1.29, 1.82) is 0 Å². The summed E-state index contributed by atoms with van der Waals surface area (Å²) in [6.07, 6.45) is 0. The highest BCUT2D eigenvalue weighted by Crippen LogP contribution is 2.38. The quantitative estimate of drug-likeness (QED) is 0.187. The van der Waals surface area contributed by atoms with Crippen molar-refractivity contribution in [1.82, 2.24) is 19.5 Å². The summed E-state index contributed by atoms with van der Waals surface area (Å²) in [5.41, 5.74) is 7.42. The number of benzene rings is 7. The Bertz CT molecular complexity index is 3070. The third-order valence-electron chi connectivity index (χ3n) is 9.13. The lowest BCUT2D eigenvalue weighted by Crippen LogP contribution is -2.00. The zero-order valence-electron chi connectivity index (χ0n) is 31.5. The van der Waals surface area contributed by atoms with E-state index in [4.69, 9.17) is 26.2 Å². The summed E-state index contributed by atoms with van der Waals surface area (Å²) < 4.78 is 50.5. The number of nitrogens with zero attached hydrogens (tertiary/aromatic N) is 4. The van der Waals surface area contributed by atoms with Gasteiger partial charge in [-0.3, -0.25) is 0 Å². The lowest BCUT2D eigenvalue weighted by atomic mass is 10.0. The summed E-state index contributed by atoms with van der Waals surface area (Å²) in [4.78, 5) is 14.6. The molecule has 5 heteroatoms. The van der Waals surface area contributed by atoms with Gasteiger partial charge in [0.15, 0.2) is 17.5 Å². The normalized spacial score (nSPS) is 13.0. The van der Waals surface area contributed by atoms with Crippen LogP contribution in [0, 0.1) is 0 Å². The molecule has 0 amide bonds. The SMILES string of the molecule is [2H]c1c([2H])c([2H])c(-c2ccc3c4ccccc4n(-c4ccc5oc6cc(-c7nc(-c8ccccc8)nc(-c8ccccc8)n7)ccc6c5c4)c3c2)c([2H])c1[2H]. The van der Waals surface area contributed by atoms with E-state index < -0.39 is 6.04 Å². The Balaban J connectivity index is 1.13. The van der Waals surface area contributed by atoms with Gasteiger partial charge in [-0.15, -0.1) is 0 Å². The van der Waals surface area contributed by atoms with E-state index in [1.54, 1.807) is 0 Å². The molecular weight excluding hydrogens is 613 g/mol. The molecule has 0 aliphatic rings. The van der Waals surface area contributed by atoms with Gasteiger partial charge in [0.25, 0.3) is 0 Å².